The zero-order valence-electron chi connectivity index (χ0n) is 8.16. The molecule has 0 aliphatic rings. The lowest BCUT2D eigenvalue weighted by Gasteiger charge is -2.00. The number of hydrogen-bond donors (Lipinski definition) is 2. The zero-order chi connectivity index (χ0) is 11.5. The third-order valence-electron chi connectivity index (χ3n) is 1.75. The molecule has 0 aliphatic carbocycles. The van der Waals surface area contributed by atoms with Gasteiger partial charge in [-0.15, -0.1) is 21.5 Å². The Kier molecular flexibility index (Phi) is 3.11. The molecule has 8 heteroatoms. The van der Waals surface area contributed by atoms with Crippen LogP contribution in [0.5, 0.6) is 0 Å². The highest BCUT2D eigenvalue weighted by Crippen LogP contribution is 2.24. The largest absolute Gasteiger partial charge is 0.369 e. The monoisotopic (exact) mass is 255 g/mol. The van der Waals surface area contributed by atoms with Gasteiger partial charge in [-0.1, -0.05) is 17.8 Å². The second-order valence-corrected chi connectivity index (χ2v) is 4.80. The first kappa shape index (κ1) is 11.0. The SMILES string of the molecule is NC(=O)CSc1nnc(-c2cccs2)n1N. The quantitative estimate of drug-likeness (QED) is 0.604. The van der Waals surface area contributed by atoms with Crippen LogP contribution >= 0.6 is 23.1 Å². The normalized spacial score (nSPS) is 10.5. The number of rotatable bonds is 4. The van der Waals surface area contributed by atoms with Crippen LogP contribution in [0.1, 0.15) is 0 Å². The van der Waals surface area contributed by atoms with E-state index in [0.29, 0.717) is 11.0 Å². The smallest absolute Gasteiger partial charge is 0.227 e. The van der Waals surface area contributed by atoms with E-state index in [1.54, 1.807) is 0 Å². The van der Waals surface area contributed by atoms with Gasteiger partial charge in [-0.25, -0.2) is 4.68 Å². The highest BCUT2D eigenvalue weighted by molar-refractivity contribution is 7.99. The fraction of sp³-hybridized carbons (Fsp3) is 0.125. The average Bonchev–Trinajstić information content (AvgIpc) is 2.84. The first-order chi connectivity index (χ1) is 7.68. The van der Waals surface area contributed by atoms with Crippen molar-refractivity contribution in [3.05, 3.63) is 17.5 Å². The van der Waals surface area contributed by atoms with E-state index >= 15 is 0 Å². The predicted molar refractivity (Wildman–Crippen MR) is 63.4 cm³/mol. The maximum absolute atomic E-state index is 10.6. The van der Waals surface area contributed by atoms with Crippen molar-refractivity contribution in [2.45, 2.75) is 5.16 Å². The molecule has 6 nitrogen and oxygen atoms in total. The number of nitrogen functional groups attached to an aromatic ring is 1. The molecule has 2 aromatic heterocycles. The van der Waals surface area contributed by atoms with E-state index < -0.39 is 5.91 Å². The Hall–Kier alpha value is -1.54. The van der Waals surface area contributed by atoms with Crippen molar-refractivity contribution in [3.8, 4) is 10.7 Å². The molecule has 0 aliphatic heterocycles. The van der Waals surface area contributed by atoms with Gasteiger partial charge in [0.1, 0.15) is 0 Å². The van der Waals surface area contributed by atoms with Crippen LogP contribution in [-0.2, 0) is 4.79 Å². The summed E-state index contributed by atoms with van der Waals surface area (Å²) in [6.45, 7) is 0. The molecule has 2 heterocycles. The van der Waals surface area contributed by atoms with Crippen molar-refractivity contribution in [2.75, 3.05) is 11.6 Å². The lowest BCUT2D eigenvalue weighted by atomic mass is 10.4. The molecule has 0 saturated heterocycles. The Morgan fingerprint density at radius 1 is 1.56 bits per heavy atom. The van der Waals surface area contributed by atoms with E-state index in [9.17, 15) is 4.79 Å². The summed E-state index contributed by atoms with van der Waals surface area (Å²) < 4.78 is 1.36. The van der Waals surface area contributed by atoms with Crippen molar-refractivity contribution in [3.63, 3.8) is 0 Å². The van der Waals surface area contributed by atoms with E-state index in [4.69, 9.17) is 11.6 Å². The minimum absolute atomic E-state index is 0.139. The number of nitrogens with zero attached hydrogens (tertiary/aromatic N) is 3. The number of carbonyl (C=O) groups excluding carboxylic acids is 1. The number of amides is 1. The number of carbonyl (C=O) groups is 1. The van der Waals surface area contributed by atoms with Gasteiger partial charge in [-0.2, -0.15) is 0 Å². The predicted octanol–water partition coefficient (Wildman–Crippen LogP) is 0.298. The number of primary amides is 1. The average molecular weight is 255 g/mol. The molecule has 0 aromatic carbocycles. The van der Waals surface area contributed by atoms with Crippen LogP contribution in [0.2, 0.25) is 0 Å². The second-order valence-electron chi connectivity index (χ2n) is 2.91. The molecule has 0 fully saturated rings. The lowest BCUT2D eigenvalue weighted by molar-refractivity contribution is -0.115. The van der Waals surface area contributed by atoms with Crippen LogP contribution in [0.3, 0.4) is 0 Å². The van der Waals surface area contributed by atoms with Gasteiger partial charge < -0.3 is 11.6 Å². The van der Waals surface area contributed by atoms with Crippen LogP contribution in [0, 0.1) is 0 Å². The fourth-order valence-corrected chi connectivity index (χ4v) is 2.39. The second kappa shape index (κ2) is 4.54. The molecule has 84 valence electrons. The molecule has 0 bridgehead atoms. The summed E-state index contributed by atoms with van der Waals surface area (Å²) in [6.07, 6.45) is 0. The van der Waals surface area contributed by atoms with Gasteiger partial charge in [0.15, 0.2) is 5.82 Å². The van der Waals surface area contributed by atoms with Gasteiger partial charge in [0.2, 0.25) is 11.1 Å². The Morgan fingerprint density at radius 3 is 3.00 bits per heavy atom. The van der Waals surface area contributed by atoms with Crippen molar-refractivity contribution < 1.29 is 4.79 Å². The number of thiophene rings is 1. The number of nitrogens with two attached hydrogens (primary N) is 2. The van der Waals surface area contributed by atoms with Gasteiger partial charge >= 0.3 is 0 Å². The first-order valence-corrected chi connectivity index (χ1v) is 6.20. The standard InChI is InChI=1S/C8H9N5OS2/c9-6(14)4-16-8-12-11-7(13(8)10)5-2-1-3-15-5/h1-3H,4,10H2,(H2,9,14). The summed E-state index contributed by atoms with van der Waals surface area (Å²) in [4.78, 5) is 11.6. The van der Waals surface area contributed by atoms with Crippen molar-refractivity contribution in [1.82, 2.24) is 14.9 Å². The van der Waals surface area contributed by atoms with Crippen LogP contribution in [0.15, 0.2) is 22.7 Å². The summed E-state index contributed by atoms with van der Waals surface area (Å²) in [5.74, 6) is 6.12. The van der Waals surface area contributed by atoms with Crippen LogP contribution in [0.4, 0.5) is 0 Å². The highest BCUT2D eigenvalue weighted by Gasteiger charge is 2.13. The molecule has 1 amide bonds. The molecule has 0 radical (unpaired) electrons. The minimum atomic E-state index is -0.411. The van der Waals surface area contributed by atoms with Crippen LogP contribution in [0.25, 0.3) is 10.7 Å². The molecular formula is C8H9N5OS2. The summed E-state index contributed by atoms with van der Waals surface area (Å²) in [6, 6.07) is 3.81. The molecule has 0 saturated carbocycles. The number of aromatic nitrogens is 3. The summed E-state index contributed by atoms with van der Waals surface area (Å²) in [5, 5.41) is 10.3. The summed E-state index contributed by atoms with van der Waals surface area (Å²) >= 11 is 2.69. The van der Waals surface area contributed by atoms with Gasteiger partial charge in [0.25, 0.3) is 0 Å². The molecule has 2 rings (SSSR count). The van der Waals surface area contributed by atoms with Gasteiger partial charge in [-0.3, -0.25) is 4.79 Å². The molecule has 2 aromatic rings. The number of thioether (sulfide) groups is 1. The maximum atomic E-state index is 10.6. The molecule has 0 unspecified atom stereocenters. The maximum Gasteiger partial charge on any atom is 0.227 e. The van der Waals surface area contributed by atoms with E-state index in [0.717, 1.165) is 4.88 Å². The molecule has 16 heavy (non-hydrogen) atoms. The molecule has 0 spiro atoms. The molecule has 4 N–H and O–H groups in total. The summed E-state index contributed by atoms with van der Waals surface area (Å²) in [7, 11) is 0. The van der Waals surface area contributed by atoms with Crippen molar-refractivity contribution in [1.29, 1.82) is 0 Å². The van der Waals surface area contributed by atoms with E-state index in [2.05, 4.69) is 10.2 Å². The Labute approximate surface area is 99.6 Å². The minimum Gasteiger partial charge on any atom is -0.369 e. The lowest BCUT2D eigenvalue weighted by Crippen LogP contribution is -2.16. The Morgan fingerprint density at radius 2 is 2.38 bits per heavy atom. The highest BCUT2D eigenvalue weighted by atomic mass is 32.2. The van der Waals surface area contributed by atoms with Crippen molar-refractivity contribution >= 4 is 29.0 Å². The van der Waals surface area contributed by atoms with E-state index in [1.807, 2.05) is 17.5 Å². The first-order valence-electron chi connectivity index (χ1n) is 4.34. The van der Waals surface area contributed by atoms with Crippen molar-refractivity contribution in [2.24, 2.45) is 5.73 Å². The number of hydrogen-bond acceptors (Lipinski definition) is 6. The molecular weight excluding hydrogens is 246 g/mol. The van der Waals surface area contributed by atoms with Crippen LogP contribution in [-0.4, -0.2) is 26.5 Å². The molecule has 0 atom stereocenters. The topological polar surface area (TPSA) is 99.8 Å². The van der Waals surface area contributed by atoms with Gasteiger partial charge in [0.05, 0.1) is 10.6 Å². The van der Waals surface area contributed by atoms with Crippen LogP contribution < -0.4 is 11.6 Å². The summed E-state index contributed by atoms with van der Waals surface area (Å²) in [5.41, 5.74) is 5.04. The fourth-order valence-electron chi connectivity index (χ4n) is 1.08. The Balaban J connectivity index is 2.21. The third kappa shape index (κ3) is 2.17. The van der Waals surface area contributed by atoms with E-state index in [-0.39, 0.29) is 5.75 Å². The Bertz CT molecular complexity index is 493. The van der Waals surface area contributed by atoms with Gasteiger partial charge in [-0.05, 0) is 11.4 Å². The van der Waals surface area contributed by atoms with Gasteiger partial charge in [0, 0.05) is 0 Å². The van der Waals surface area contributed by atoms with E-state index in [1.165, 1.54) is 27.8 Å². The third-order valence-corrected chi connectivity index (χ3v) is 3.58. The zero-order valence-corrected chi connectivity index (χ0v) is 9.79.